The van der Waals surface area contributed by atoms with Crippen LogP contribution in [-0.2, 0) is 11.2 Å². The number of nitrogens with zero attached hydrogens (tertiary/aromatic N) is 4. The Kier molecular flexibility index (Phi) is 6.25. The Morgan fingerprint density at radius 3 is 2.61 bits per heavy atom. The van der Waals surface area contributed by atoms with Gasteiger partial charge < -0.3 is 5.32 Å². The molecule has 1 N–H and O–H groups in total. The third-order valence-corrected chi connectivity index (χ3v) is 6.29. The number of hydrogen-bond donors (Lipinski definition) is 1. The van der Waals surface area contributed by atoms with Crippen LogP contribution in [0.1, 0.15) is 28.1 Å². The van der Waals surface area contributed by atoms with Gasteiger partial charge in [0.25, 0.3) is 5.78 Å². The monoisotopic (exact) mass is 451 g/mol. The summed E-state index contributed by atoms with van der Waals surface area (Å²) in [4.78, 5) is 21.4. The first-order valence-corrected chi connectivity index (χ1v) is 11.2. The first-order valence-electron chi connectivity index (χ1n) is 9.86. The van der Waals surface area contributed by atoms with Gasteiger partial charge in [-0.2, -0.15) is 4.98 Å². The van der Waals surface area contributed by atoms with Gasteiger partial charge in [-0.05, 0) is 49.6 Å². The molecule has 158 valence electrons. The number of amides is 1. The molecular weight excluding hydrogens is 430 g/mol. The Labute approximate surface area is 190 Å². The second kappa shape index (κ2) is 9.08. The number of rotatable bonds is 6. The van der Waals surface area contributed by atoms with Crippen molar-refractivity contribution in [3.05, 3.63) is 81.6 Å². The SMILES string of the molecule is Cc1ccc(NC(=O)CSc2nc3nc(C)c(Cc4ccccc4)c(C)n3n2)cc1Cl. The van der Waals surface area contributed by atoms with Gasteiger partial charge in [0.1, 0.15) is 0 Å². The molecule has 0 aliphatic carbocycles. The van der Waals surface area contributed by atoms with Crippen molar-refractivity contribution >= 4 is 40.7 Å². The molecule has 2 aromatic carbocycles. The van der Waals surface area contributed by atoms with Crippen molar-refractivity contribution < 1.29 is 4.79 Å². The largest absolute Gasteiger partial charge is 0.325 e. The van der Waals surface area contributed by atoms with Crippen molar-refractivity contribution in [2.24, 2.45) is 0 Å². The standard InChI is InChI=1S/C23H22ClN5OS/c1-14-9-10-18(12-20(14)24)26-21(30)13-31-23-27-22-25-15(2)19(16(3)29(22)28-23)11-17-7-5-4-6-8-17/h4-10,12H,11,13H2,1-3H3,(H,26,30). The molecule has 1 amide bonds. The van der Waals surface area contributed by atoms with Crippen LogP contribution in [0.5, 0.6) is 0 Å². The minimum Gasteiger partial charge on any atom is -0.325 e. The van der Waals surface area contributed by atoms with Crippen LogP contribution in [0.4, 0.5) is 5.69 Å². The van der Waals surface area contributed by atoms with Gasteiger partial charge >= 0.3 is 0 Å². The molecule has 0 fully saturated rings. The fourth-order valence-electron chi connectivity index (χ4n) is 3.30. The van der Waals surface area contributed by atoms with Gasteiger partial charge in [-0.1, -0.05) is 59.8 Å². The minimum absolute atomic E-state index is 0.144. The highest BCUT2D eigenvalue weighted by Gasteiger charge is 2.15. The van der Waals surface area contributed by atoms with E-state index < -0.39 is 0 Å². The molecule has 0 aliphatic rings. The number of anilines is 1. The Balaban J connectivity index is 1.48. The number of carbonyl (C=O) groups is 1. The van der Waals surface area contributed by atoms with E-state index in [-0.39, 0.29) is 11.7 Å². The quantitative estimate of drug-likeness (QED) is 0.416. The summed E-state index contributed by atoms with van der Waals surface area (Å²) < 4.78 is 1.76. The molecule has 0 aliphatic heterocycles. The predicted molar refractivity (Wildman–Crippen MR) is 125 cm³/mol. The number of nitrogens with one attached hydrogen (secondary N) is 1. The number of benzene rings is 2. The van der Waals surface area contributed by atoms with E-state index in [2.05, 4.69) is 32.5 Å². The highest BCUT2D eigenvalue weighted by molar-refractivity contribution is 7.99. The fourth-order valence-corrected chi connectivity index (χ4v) is 4.10. The molecule has 4 aromatic rings. The Bertz CT molecular complexity index is 1260. The van der Waals surface area contributed by atoms with E-state index in [4.69, 9.17) is 11.6 Å². The summed E-state index contributed by atoms with van der Waals surface area (Å²) in [5.74, 6) is 0.589. The van der Waals surface area contributed by atoms with E-state index in [1.807, 2.05) is 51.1 Å². The molecule has 2 aromatic heterocycles. The fraction of sp³-hybridized carbons (Fsp3) is 0.217. The van der Waals surface area contributed by atoms with Crippen LogP contribution in [0.25, 0.3) is 5.78 Å². The first-order chi connectivity index (χ1) is 14.9. The summed E-state index contributed by atoms with van der Waals surface area (Å²) in [5, 5.41) is 8.55. The molecule has 0 saturated carbocycles. The van der Waals surface area contributed by atoms with Crippen LogP contribution in [0.2, 0.25) is 5.02 Å². The molecule has 0 atom stereocenters. The molecule has 0 radical (unpaired) electrons. The number of aryl methyl sites for hydroxylation is 3. The summed E-state index contributed by atoms with van der Waals surface area (Å²) >= 11 is 7.40. The maximum absolute atomic E-state index is 12.3. The zero-order chi connectivity index (χ0) is 22.0. The van der Waals surface area contributed by atoms with E-state index in [0.717, 1.165) is 28.9 Å². The number of hydrogen-bond acceptors (Lipinski definition) is 5. The van der Waals surface area contributed by atoms with Crippen molar-refractivity contribution in [1.29, 1.82) is 0 Å². The normalized spacial score (nSPS) is 11.1. The Morgan fingerprint density at radius 2 is 1.87 bits per heavy atom. The van der Waals surface area contributed by atoms with E-state index in [1.165, 1.54) is 17.3 Å². The van der Waals surface area contributed by atoms with E-state index in [9.17, 15) is 4.79 Å². The molecule has 4 rings (SSSR count). The summed E-state index contributed by atoms with van der Waals surface area (Å²) in [7, 11) is 0. The Morgan fingerprint density at radius 1 is 1.10 bits per heavy atom. The average Bonchev–Trinajstić information content (AvgIpc) is 3.16. The maximum atomic E-state index is 12.3. The topological polar surface area (TPSA) is 72.2 Å². The van der Waals surface area contributed by atoms with Gasteiger partial charge in [-0.3, -0.25) is 4.79 Å². The van der Waals surface area contributed by atoms with E-state index in [1.54, 1.807) is 10.6 Å². The molecule has 0 spiro atoms. The van der Waals surface area contributed by atoms with Gasteiger partial charge in [0.15, 0.2) is 0 Å². The summed E-state index contributed by atoms with van der Waals surface area (Å²) in [6.07, 6.45) is 0.783. The molecule has 0 saturated heterocycles. The highest BCUT2D eigenvalue weighted by Crippen LogP contribution is 2.22. The zero-order valence-corrected chi connectivity index (χ0v) is 19.1. The van der Waals surface area contributed by atoms with Gasteiger partial charge in [0.05, 0.1) is 5.75 Å². The number of thioether (sulfide) groups is 1. The van der Waals surface area contributed by atoms with Crippen LogP contribution >= 0.6 is 23.4 Å². The van der Waals surface area contributed by atoms with Gasteiger partial charge in [0, 0.05) is 28.5 Å². The van der Waals surface area contributed by atoms with Crippen molar-refractivity contribution in [3.8, 4) is 0 Å². The number of halogens is 1. The molecule has 31 heavy (non-hydrogen) atoms. The van der Waals surface area contributed by atoms with E-state index in [0.29, 0.717) is 21.6 Å². The Hall–Kier alpha value is -2.90. The van der Waals surface area contributed by atoms with Gasteiger partial charge in [0.2, 0.25) is 11.1 Å². The molecular formula is C23H22ClN5OS. The van der Waals surface area contributed by atoms with Crippen molar-refractivity contribution in [1.82, 2.24) is 19.6 Å². The molecule has 2 heterocycles. The smallest absolute Gasteiger partial charge is 0.253 e. The van der Waals surface area contributed by atoms with E-state index >= 15 is 0 Å². The lowest BCUT2D eigenvalue weighted by molar-refractivity contribution is -0.113. The number of aromatic nitrogens is 4. The second-order valence-corrected chi connectivity index (χ2v) is 8.68. The lowest BCUT2D eigenvalue weighted by Gasteiger charge is -2.10. The van der Waals surface area contributed by atoms with Crippen molar-refractivity contribution in [2.75, 3.05) is 11.1 Å². The number of carbonyl (C=O) groups excluding carboxylic acids is 1. The van der Waals surface area contributed by atoms with Crippen LogP contribution in [0, 0.1) is 20.8 Å². The summed E-state index contributed by atoms with van der Waals surface area (Å²) in [5.41, 5.74) is 5.93. The van der Waals surface area contributed by atoms with Gasteiger partial charge in [-0.15, -0.1) is 5.10 Å². The molecule has 8 heteroatoms. The van der Waals surface area contributed by atoms with Crippen LogP contribution in [0.3, 0.4) is 0 Å². The second-order valence-electron chi connectivity index (χ2n) is 7.33. The van der Waals surface area contributed by atoms with Crippen LogP contribution in [-0.4, -0.2) is 31.2 Å². The first kappa shape index (κ1) is 21.3. The molecule has 6 nitrogen and oxygen atoms in total. The summed E-state index contributed by atoms with van der Waals surface area (Å²) in [6.45, 7) is 5.94. The van der Waals surface area contributed by atoms with Gasteiger partial charge in [-0.25, -0.2) is 9.50 Å². The lowest BCUT2D eigenvalue weighted by Crippen LogP contribution is -2.14. The summed E-state index contributed by atoms with van der Waals surface area (Å²) in [6, 6.07) is 15.7. The zero-order valence-electron chi connectivity index (χ0n) is 17.5. The number of fused-ring (bicyclic) bond motifs is 1. The van der Waals surface area contributed by atoms with Crippen LogP contribution in [0.15, 0.2) is 53.7 Å². The van der Waals surface area contributed by atoms with Crippen LogP contribution < -0.4 is 5.32 Å². The highest BCUT2D eigenvalue weighted by atomic mass is 35.5. The lowest BCUT2D eigenvalue weighted by atomic mass is 10.0. The van der Waals surface area contributed by atoms with Crippen molar-refractivity contribution in [3.63, 3.8) is 0 Å². The third kappa shape index (κ3) is 4.89. The predicted octanol–water partition coefficient (Wildman–Crippen LogP) is 5.02. The minimum atomic E-state index is -0.144. The maximum Gasteiger partial charge on any atom is 0.253 e. The molecule has 0 bridgehead atoms. The molecule has 0 unspecified atom stereocenters. The third-order valence-electron chi connectivity index (χ3n) is 5.04. The van der Waals surface area contributed by atoms with Crippen molar-refractivity contribution in [2.45, 2.75) is 32.3 Å². The average molecular weight is 452 g/mol.